The summed E-state index contributed by atoms with van der Waals surface area (Å²) < 4.78 is 24.8. The number of thiazole rings is 1. The minimum Gasteiger partial charge on any atom is -0.458 e. The second-order valence-electron chi connectivity index (χ2n) is 5.48. The highest BCUT2D eigenvalue weighted by atomic mass is 32.1. The number of benzene rings is 1. The molecule has 0 aliphatic heterocycles. The molecule has 0 radical (unpaired) electrons. The SMILES string of the molecule is Cc1c(COC(=O)Cn2c(C)csc2=O)noc1-c1ccc(F)cc1. The summed E-state index contributed by atoms with van der Waals surface area (Å²) in [7, 11) is 0. The van der Waals surface area contributed by atoms with Gasteiger partial charge in [-0.1, -0.05) is 16.5 Å². The highest BCUT2D eigenvalue weighted by Crippen LogP contribution is 2.26. The molecule has 3 aromatic rings. The quantitative estimate of drug-likeness (QED) is 0.652. The van der Waals surface area contributed by atoms with Gasteiger partial charge in [-0.3, -0.25) is 14.2 Å². The van der Waals surface area contributed by atoms with Crippen molar-refractivity contribution in [2.75, 3.05) is 0 Å². The predicted molar refractivity (Wildman–Crippen MR) is 89.7 cm³/mol. The maximum atomic E-state index is 13.0. The molecule has 25 heavy (non-hydrogen) atoms. The zero-order chi connectivity index (χ0) is 18.0. The third kappa shape index (κ3) is 3.69. The van der Waals surface area contributed by atoms with Gasteiger partial charge in [0.2, 0.25) is 0 Å². The van der Waals surface area contributed by atoms with Crippen LogP contribution >= 0.6 is 11.3 Å². The number of aromatic nitrogens is 2. The van der Waals surface area contributed by atoms with Gasteiger partial charge in [0.05, 0.1) is 0 Å². The minimum absolute atomic E-state index is 0.0622. The number of aryl methyl sites for hydroxylation is 1. The summed E-state index contributed by atoms with van der Waals surface area (Å²) in [6.07, 6.45) is 0. The van der Waals surface area contributed by atoms with Crippen molar-refractivity contribution in [3.63, 3.8) is 0 Å². The van der Waals surface area contributed by atoms with E-state index in [0.29, 0.717) is 28.3 Å². The monoisotopic (exact) mass is 362 g/mol. The number of halogens is 1. The van der Waals surface area contributed by atoms with Crippen molar-refractivity contribution >= 4 is 17.3 Å². The molecule has 0 atom stereocenters. The molecule has 0 N–H and O–H groups in total. The number of hydrogen-bond donors (Lipinski definition) is 0. The Morgan fingerprint density at radius 3 is 2.68 bits per heavy atom. The number of ether oxygens (including phenoxy) is 1. The summed E-state index contributed by atoms with van der Waals surface area (Å²) in [6.45, 7) is 3.33. The Kier molecular flexibility index (Phi) is 4.80. The highest BCUT2D eigenvalue weighted by Gasteiger charge is 2.16. The fraction of sp³-hybridized carbons (Fsp3) is 0.235. The lowest BCUT2D eigenvalue weighted by Gasteiger charge is -2.05. The van der Waals surface area contributed by atoms with Crippen molar-refractivity contribution in [3.05, 3.63) is 62.1 Å². The van der Waals surface area contributed by atoms with Crippen molar-refractivity contribution in [1.29, 1.82) is 0 Å². The molecule has 0 amide bonds. The number of rotatable bonds is 5. The largest absolute Gasteiger partial charge is 0.458 e. The second-order valence-corrected chi connectivity index (χ2v) is 6.30. The zero-order valence-corrected chi connectivity index (χ0v) is 14.4. The van der Waals surface area contributed by atoms with E-state index >= 15 is 0 Å². The van der Waals surface area contributed by atoms with Crippen LogP contribution in [0.25, 0.3) is 11.3 Å². The molecular formula is C17H15FN2O4S. The Balaban J connectivity index is 1.67. The van der Waals surface area contributed by atoms with Gasteiger partial charge in [-0.15, -0.1) is 0 Å². The van der Waals surface area contributed by atoms with Crippen LogP contribution in [-0.4, -0.2) is 15.7 Å². The van der Waals surface area contributed by atoms with Crippen molar-refractivity contribution in [2.24, 2.45) is 0 Å². The lowest BCUT2D eigenvalue weighted by molar-refractivity contribution is -0.145. The molecule has 0 aliphatic carbocycles. The molecule has 0 saturated carbocycles. The maximum Gasteiger partial charge on any atom is 0.326 e. The van der Waals surface area contributed by atoms with Crippen LogP contribution in [0.5, 0.6) is 0 Å². The van der Waals surface area contributed by atoms with Crippen LogP contribution in [0.2, 0.25) is 0 Å². The topological polar surface area (TPSA) is 74.3 Å². The Morgan fingerprint density at radius 2 is 2.04 bits per heavy atom. The van der Waals surface area contributed by atoms with E-state index < -0.39 is 5.97 Å². The van der Waals surface area contributed by atoms with Crippen LogP contribution in [-0.2, 0) is 22.7 Å². The molecule has 0 aliphatic rings. The van der Waals surface area contributed by atoms with Crippen LogP contribution in [0.15, 0.2) is 39.0 Å². The van der Waals surface area contributed by atoms with E-state index in [4.69, 9.17) is 9.26 Å². The van der Waals surface area contributed by atoms with Crippen LogP contribution in [0.4, 0.5) is 4.39 Å². The molecule has 3 rings (SSSR count). The number of hydrogen-bond acceptors (Lipinski definition) is 6. The Bertz CT molecular complexity index is 956. The van der Waals surface area contributed by atoms with Gasteiger partial charge in [0, 0.05) is 22.2 Å². The van der Waals surface area contributed by atoms with E-state index in [1.165, 1.54) is 16.7 Å². The molecule has 130 valence electrons. The maximum absolute atomic E-state index is 13.0. The van der Waals surface area contributed by atoms with Crippen LogP contribution in [0.1, 0.15) is 17.0 Å². The minimum atomic E-state index is -0.533. The summed E-state index contributed by atoms with van der Waals surface area (Å²) in [5.74, 6) is -0.376. The van der Waals surface area contributed by atoms with Gasteiger partial charge in [-0.25, -0.2) is 4.39 Å². The van der Waals surface area contributed by atoms with Crippen molar-refractivity contribution in [2.45, 2.75) is 27.0 Å². The van der Waals surface area contributed by atoms with Crippen LogP contribution in [0, 0.1) is 19.7 Å². The first-order valence-electron chi connectivity index (χ1n) is 7.47. The fourth-order valence-corrected chi connectivity index (χ4v) is 3.03. The number of carbonyl (C=O) groups is 1. The first-order valence-corrected chi connectivity index (χ1v) is 8.35. The van der Waals surface area contributed by atoms with E-state index in [9.17, 15) is 14.0 Å². The number of esters is 1. The molecule has 2 heterocycles. The van der Waals surface area contributed by atoms with Gasteiger partial charge in [-0.2, -0.15) is 0 Å². The van der Waals surface area contributed by atoms with E-state index in [0.717, 1.165) is 11.3 Å². The van der Waals surface area contributed by atoms with E-state index in [2.05, 4.69) is 5.16 Å². The van der Waals surface area contributed by atoms with E-state index in [1.807, 2.05) is 0 Å². The van der Waals surface area contributed by atoms with Gasteiger partial charge < -0.3 is 9.26 Å². The number of nitrogens with zero attached hydrogens (tertiary/aromatic N) is 2. The van der Waals surface area contributed by atoms with Crippen LogP contribution < -0.4 is 4.87 Å². The van der Waals surface area contributed by atoms with Crippen molar-refractivity contribution < 1.29 is 18.4 Å². The summed E-state index contributed by atoms with van der Waals surface area (Å²) in [4.78, 5) is 23.3. The molecule has 0 bridgehead atoms. The summed E-state index contributed by atoms with van der Waals surface area (Å²) >= 11 is 1.04. The summed E-state index contributed by atoms with van der Waals surface area (Å²) in [5, 5.41) is 5.59. The van der Waals surface area contributed by atoms with Gasteiger partial charge in [0.25, 0.3) is 0 Å². The number of carbonyl (C=O) groups excluding carboxylic acids is 1. The Labute approximate surface area is 146 Å². The Hall–Kier alpha value is -2.74. The van der Waals surface area contributed by atoms with Crippen molar-refractivity contribution in [3.8, 4) is 11.3 Å². The van der Waals surface area contributed by atoms with E-state index in [1.54, 1.807) is 31.4 Å². The molecule has 0 fully saturated rings. The van der Waals surface area contributed by atoms with E-state index in [-0.39, 0.29) is 23.8 Å². The highest BCUT2D eigenvalue weighted by molar-refractivity contribution is 7.07. The molecule has 1 aromatic carbocycles. The third-order valence-corrected chi connectivity index (χ3v) is 4.64. The first-order chi connectivity index (χ1) is 12.0. The third-order valence-electron chi connectivity index (χ3n) is 3.76. The van der Waals surface area contributed by atoms with Crippen LogP contribution in [0.3, 0.4) is 0 Å². The molecule has 0 unspecified atom stereocenters. The van der Waals surface area contributed by atoms with Crippen molar-refractivity contribution in [1.82, 2.24) is 9.72 Å². The molecule has 6 nitrogen and oxygen atoms in total. The normalized spacial score (nSPS) is 10.8. The van der Waals surface area contributed by atoms with Gasteiger partial charge in [0.1, 0.15) is 24.7 Å². The zero-order valence-electron chi connectivity index (χ0n) is 13.6. The summed E-state index contributed by atoms with van der Waals surface area (Å²) in [5.41, 5.74) is 2.58. The van der Waals surface area contributed by atoms with Gasteiger partial charge >= 0.3 is 10.8 Å². The molecule has 0 saturated heterocycles. The standard InChI is InChI=1S/C17H15FN2O4S/c1-10-9-25-17(22)20(10)7-15(21)23-8-14-11(2)16(24-19-14)12-3-5-13(18)6-4-12/h3-6,9H,7-8H2,1-2H3. The fourth-order valence-electron chi connectivity index (χ4n) is 2.29. The average molecular weight is 362 g/mol. The lowest BCUT2D eigenvalue weighted by Crippen LogP contribution is -2.22. The molecule has 0 spiro atoms. The van der Waals surface area contributed by atoms with Gasteiger partial charge in [0.15, 0.2) is 5.76 Å². The smallest absolute Gasteiger partial charge is 0.326 e. The lowest BCUT2D eigenvalue weighted by atomic mass is 10.1. The van der Waals surface area contributed by atoms with Gasteiger partial charge in [-0.05, 0) is 38.1 Å². The predicted octanol–water partition coefficient (Wildman–Crippen LogP) is 3.06. The molecule has 2 aromatic heterocycles. The molecule has 8 heteroatoms. The second kappa shape index (κ2) is 7.02. The average Bonchev–Trinajstić information content (AvgIpc) is 3.11. The molecular weight excluding hydrogens is 347 g/mol. The first kappa shape index (κ1) is 17.1. The Morgan fingerprint density at radius 1 is 1.32 bits per heavy atom. The summed E-state index contributed by atoms with van der Waals surface area (Å²) in [6, 6.07) is 5.84.